The highest BCUT2D eigenvalue weighted by Gasteiger charge is 2.32. The van der Waals surface area contributed by atoms with Crippen LogP contribution in [-0.4, -0.2) is 23.4 Å². The van der Waals surface area contributed by atoms with Crippen molar-refractivity contribution in [1.82, 2.24) is 0 Å². The average molecular weight is 240 g/mol. The quantitative estimate of drug-likeness (QED) is 0.818. The van der Waals surface area contributed by atoms with Crippen LogP contribution in [0.4, 0.5) is 0 Å². The third kappa shape index (κ3) is 3.69. The molecule has 0 amide bonds. The van der Waals surface area contributed by atoms with Crippen LogP contribution in [0.3, 0.4) is 0 Å². The van der Waals surface area contributed by atoms with Crippen LogP contribution in [0, 0.1) is 11.8 Å². The molecule has 17 heavy (non-hydrogen) atoms. The first-order chi connectivity index (χ1) is 8.19. The number of hydrogen-bond donors (Lipinski definition) is 1. The Hall–Kier alpha value is -0.0800. The van der Waals surface area contributed by atoms with Gasteiger partial charge in [-0.1, -0.05) is 33.1 Å². The first-order valence-electron chi connectivity index (χ1n) is 7.52. The molecule has 2 saturated carbocycles. The van der Waals surface area contributed by atoms with Crippen molar-refractivity contribution in [2.24, 2.45) is 11.8 Å². The largest absolute Gasteiger partial charge is 0.390 e. The smallest absolute Gasteiger partial charge is 0.0840 e. The molecular formula is C15H28O2. The Morgan fingerprint density at radius 1 is 1.12 bits per heavy atom. The zero-order valence-electron chi connectivity index (χ0n) is 11.4. The van der Waals surface area contributed by atoms with Gasteiger partial charge in [-0.3, -0.25) is 0 Å². The van der Waals surface area contributed by atoms with E-state index in [1.54, 1.807) is 0 Å². The van der Waals surface area contributed by atoms with Gasteiger partial charge in [-0.15, -0.1) is 0 Å². The molecule has 0 heterocycles. The highest BCUT2D eigenvalue weighted by atomic mass is 16.5. The molecule has 0 aromatic rings. The Bertz CT molecular complexity index is 229. The first kappa shape index (κ1) is 13.4. The van der Waals surface area contributed by atoms with Crippen molar-refractivity contribution in [2.45, 2.75) is 83.5 Å². The van der Waals surface area contributed by atoms with Crippen LogP contribution in [0.25, 0.3) is 0 Å². The van der Waals surface area contributed by atoms with Gasteiger partial charge in [-0.25, -0.2) is 0 Å². The van der Waals surface area contributed by atoms with Crippen molar-refractivity contribution in [3.8, 4) is 0 Å². The van der Waals surface area contributed by atoms with Crippen LogP contribution in [0.2, 0.25) is 0 Å². The summed E-state index contributed by atoms with van der Waals surface area (Å²) in [5.74, 6) is 1.57. The number of hydrogen-bond acceptors (Lipinski definition) is 2. The van der Waals surface area contributed by atoms with Crippen LogP contribution >= 0.6 is 0 Å². The molecule has 2 aliphatic carbocycles. The third-order valence-electron chi connectivity index (χ3n) is 4.70. The van der Waals surface area contributed by atoms with E-state index >= 15 is 0 Å². The van der Waals surface area contributed by atoms with E-state index < -0.39 is 0 Å². The second-order valence-electron chi connectivity index (χ2n) is 6.22. The lowest BCUT2D eigenvalue weighted by atomic mass is 9.83. The van der Waals surface area contributed by atoms with Gasteiger partial charge in [0.15, 0.2) is 0 Å². The van der Waals surface area contributed by atoms with Gasteiger partial charge in [0, 0.05) is 0 Å². The van der Waals surface area contributed by atoms with E-state index in [9.17, 15) is 5.11 Å². The molecule has 5 atom stereocenters. The molecular weight excluding hydrogens is 212 g/mol. The van der Waals surface area contributed by atoms with Gasteiger partial charge in [0.05, 0.1) is 18.3 Å². The van der Waals surface area contributed by atoms with Gasteiger partial charge in [-0.2, -0.15) is 0 Å². The first-order valence-corrected chi connectivity index (χ1v) is 7.52. The monoisotopic (exact) mass is 240 g/mol. The molecule has 2 rings (SSSR count). The minimum absolute atomic E-state index is 0.115. The zero-order chi connectivity index (χ0) is 12.3. The van der Waals surface area contributed by atoms with Gasteiger partial charge in [0.2, 0.25) is 0 Å². The van der Waals surface area contributed by atoms with Crippen LogP contribution in [0.5, 0.6) is 0 Å². The minimum atomic E-state index is -0.213. The van der Waals surface area contributed by atoms with Crippen molar-refractivity contribution >= 4 is 0 Å². The summed E-state index contributed by atoms with van der Waals surface area (Å²) >= 11 is 0. The van der Waals surface area contributed by atoms with E-state index in [2.05, 4.69) is 13.8 Å². The lowest BCUT2D eigenvalue weighted by molar-refractivity contribution is -0.116. The lowest BCUT2D eigenvalue weighted by Gasteiger charge is -2.37. The number of aliphatic hydroxyl groups is 1. The highest BCUT2D eigenvalue weighted by molar-refractivity contribution is 4.82. The maximum Gasteiger partial charge on any atom is 0.0840 e. The van der Waals surface area contributed by atoms with Crippen LogP contribution < -0.4 is 0 Å². The van der Waals surface area contributed by atoms with E-state index in [1.807, 2.05) is 0 Å². The molecule has 2 heteroatoms. The van der Waals surface area contributed by atoms with Crippen LogP contribution in [0.1, 0.15) is 65.2 Å². The molecule has 2 fully saturated rings. The molecule has 2 aliphatic rings. The summed E-state index contributed by atoms with van der Waals surface area (Å²) in [6.45, 7) is 4.57. The SMILES string of the molecule is CCC1CCC(O)C(OC2CCCC(C)C2)C1. The minimum Gasteiger partial charge on any atom is -0.390 e. The average Bonchev–Trinajstić information content (AvgIpc) is 2.32. The molecule has 2 nitrogen and oxygen atoms in total. The predicted octanol–water partition coefficient (Wildman–Crippen LogP) is 3.52. The topological polar surface area (TPSA) is 29.5 Å². The molecule has 0 aromatic heterocycles. The maximum atomic E-state index is 10.1. The summed E-state index contributed by atoms with van der Waals surface area (Å²) in [6.07, 6.45) is 9.77. The predicted molar refractivity (Wildman–Crippen MR) is 69.9 cm³/mol. The Balaban J connectivity index is 1.83. The summed E-state index contributed by atoms with van der Waals surface area (Å²) < 4.78 is 6.20. The number of aliphatic hydroxyl groups excluding tert-OH is 1. The van der Waals surface area contributed by atoms with E-state index in [0.717, 1.165) is 24.7 Å². The zero-order valence-corrected chi connectivity index (χ0v) is 11.4. The summed E-state index contributed by atoms with van der Waals surface area (Å²) in [5, 5.41) is 10.1. The molecule has 0 aromatic carbocycles. The molecule has 0 aliphatic heterocycles. The van der Waals surface area contributed by atoms with Crippen molar-refractivity contribution in [3.05, 3.63) is 0 Å². The van der Waals surface area contributed by atoms with E-state index in [0.29, 0.717) is 6.10 Å². The van der Waals surface area contributed by atoms with Gasteiger partial charge in [-0.05, 0) is 43.9 Å². The van der Waals surface area contributed by atoms with Crippen LogP contribution in [0.15, 0.2) is 0 Å². The normalized spacial score (nSPS) is 43.6. The van der Waals surface area contributed by atoms with Gasteiger partial charge in [0.1, 0.15) is 0 Å². The molecule has 0 radical (unpaired) electrons. The Morgan fingerprint density at radius 3 is 2.65 bits per heavy atom. The molecule has 0 bridgehead atoms. The number of rotatable bonds is 3. The molecule has 0 saturated heterocycles. The van der Waals surface area contributed by atoms with Crippen molar-refractivity contribution in [1.29, 1.82) is 0 Å². The van der Waals surface area contributed by atoms with Gasteiger partial charge in [0.25, 0.3) is 0 Å². The van der Waals surface area contributed by atoms with E-state index in [4.69, 9.17) is 4.74 Å². The van der Waals surface area contributed by atoms with E-state index in [-0.39, 0.29) is 12.2 Å². The van der Waals surface area contributed by atoms with Crippen molar-refractivity contribution < 1.29 is 9.84 Å². The molecule has 1 N–H and O–H groups in total. The van der Waals surface area contributed by atoms with Crippen molar-refractivity contribution in [2.75, 3.05) is 0 Å². The second-order valence-corrected chi connectivity index (χ2v) is 6.22. The van der Waals surface area contributed by atoms with Gasteiger partial charge >= 0.3 is 0 Å². The summed E-state index contributed by atoms with van der Waals surface area (Å²) in [5.41, 5.74) is 0. The molecule has 5 unspecified atom stereocenters. The Kier molecular flexibility index (Phi) is 4.87. The fraction of sp³-hybridized carbons (Fsp3) is 1.00. The highest BCUT2D eigenvalue weighted by Crippen LogP contribution is 2.33. The summed E-state index contributed by atoms with van der Waals surface area (Å²) in [7, 11) is 0. The molecule has 0 spiro atoms. The fourth-order valence-corrected chi connectivity index (χ4v) is 3.46. The second kappa shape index (κ2) is 6.19. The third-order valence-corrected chi connectivity index (χ3v) is 4.70. The maximum absolute atomic E-state index is 10.1. The lowest BCUT2D eigenvalue weighted by Crippen LogP contribution is -2.39. The Labute approximate surface area is 106 Å². The van der Waals surface area contributed by atoms with Gasteiger partial charge < -0.3 is 9.84 Å². The van der Waals surface area contributed by atoms with Crippen molar-refractivity contribution in [3.63, 3.8) is 0 Å². The Morgan fingerprint density at radius 2 is 1.94 bits per heavy atom. The molecule has 100 valence electrons. The van der Waals surface area contributed by atoms with Crippen LogP contribution in [-0.2, 0) is 4.74 Å². The number of ether oxygens (including phenoxy) is 1. The summed E-state index contributed by atoms with van der Waals surface area (Å²) in [6, 6.07) is 0. The van der Waals surface area contributed by atoms with E-state index in [1.165, 1.54) is 38.5 Å². The standard InChI is InChI=1S/C15H28O2/c1-3-12-7-8-14(16)15(10-12)17-13-6-4-5-11(2)9-13/h11-16H,3-10H2,1-2H3. The fourth-order valence-electron chi connectivity index (χ4n) is 3.46. The summed E-state index contributed by atoms with van der Waals surface area (Å²) in [4.78, 5) is 0.